The van der Waals surface area contributed by atoms with Gasteiger partial charge < -0.3 is 25.2 Å². The molecule has 1 unspecified atom stereocenters. The van der Waals surface area contributed by atoms with E-state index in [1.807, 2.05) is 0 Å². The molecule has 21 heavy (non-hydrogen) atoms. The Morgan fingerprint density at radius 1 is 1.33 bits per heavy atom. The molecule has 0 spiro atoms. The Bertz CT molecular complexity index is 504. The fourth-order valence-corrected chi connectivity index (χ4v) is 1.59. The fraction of sp³-hybridized carbons (Fsp3) is 0.429. The summed E-state index contributed by atoms with van der Waals surface area (Å²) in [6.07, 6.45) is 0. The van der Waals surface area contributed by atoms with E-state index in [1.54, 1.807) is 6.92 Å². The molecule has 0 aliphatic carbocycles. The van der Waals surface area contributed by atoms with Crippen molar-refractivity contribution in [3.63, 3.8) is 0 Å². The second-order valence-corrected chi connectivity index (χ2v) is 4.36. The summed E-state index contributed by atoms with van der Waals surface area (Å²) >= 11 is 0. The Hall–Kier alpha value is -2.28. The van der Waals surface area contributed by atoms with E-state index in [1.165, 1.54) is 32.4 Å². The first-order valence-electron chi connectivity index (χ1n) is 6.44. The summed E-state index contributed by atoms with van der Waals surface area (Å²) in [5.74, 6) is -0.626. The average molecular weight is 296 g/mol. The van der Waals surface area contributed by atoms with Crippen LogP contribution in [0.4, 0.5) is 0 Å². The van der Waals surface area contributed by atoms with E-state index in [0.29, 0.717) is 18.9 Å². The lowest BCUT2D eigenvalue weighted by Gasteiger charge is -2.15. The van der Waals surface area contributed by atoms with Crippen molar-refractivity contribution in [2.24, 2.45) is 0 Å². The lowest BCUT2D eigenvalue weighted by Crippen LogP contribution is -2.45. The Morgan fingerprint density at radius 2 is 2.05 bits per heavy atom. The highest BCUT2D eigenvalue weighted by molar-refractivity contribution is 5.99. The number of hydrogen-bond donors (Lipinski definition) is 3. The summed E-state index contributed by atoms with van der Waals surface area (Å²) in [6, 6.07) is 3.56. The van der Waals surface area contributed by atoms with E-state index >= 15 is 0 Å². The highest BCUT2D eigenvalue weighted by atomic mass is 16.5. The molecule has 1 rings (SSSR count). The normalized spacial score (nSPS) is 11.6. The van der Waals surface area contributed by atoms with Gasteiger partial charge in [-0.15, -0.1) is 0 Å². The van der Waals surface area contributed by atoms with Crippen molar-refractivity contribution in [3.8, 4) is 11.5 Å². The zero-order chi connectivity index (χ0) is 15.8. The van der Waals surface area contributed by atoms with Crippen LogP contribution in [-0.2, 0) is 9.53 Å². The summed E-state index contributed by atoms with van der Waals surface area (Å²) < 4.78 is 9.81. The van der Waals surface area contributed by atoms with Crippen LogP contribution < -0.4 is 15.4 Å². The zero-order valence-electron chi connectivity index (χ0n) is 12.3. The maximum Gasteiger partial charge on any atom is 0.255 e. The van der Waals surface area contributed by atoms with Gasteiger partial charge in [0, 0.05) is 13.7 Å². The predicted molar refractivity (Wildman–Crippen MR) is 76.5 cm³/mol. The van der Waals surface area contributed by atoms with Crippen molar-refractivity contribution in [2.75, 3.05) is 27.4 Å². The van der Waals surface area contributed by atoms with Crippen molar-refractivity contribution in [1.29, 1.82) is 0 Å². The summed E-state index contributed by atoms with van der Waals surface area (Å²) in [6.45, 7) is 2.31. The van der Waals surface area contributed by atoms with Gasteiger partial charge >= 0.3 is 0 Å². The maximum atomic E-state index is 12.0. The minimum absolute atomic E-state index is 0.0471. The first-order chi connectivity index (χ1) is 9.99. The monoisotopic (exact) mass is 296 g/mol. The molecular formula is C14H20N2O5. The molecule has 1 aromatic rings. The lowest BCUT2D eigenvalue weighted by atomic mass is 10.1. The molecule has 2 amide bonds. The standard InChI is InChI=1S/C14H20N2O5/c1-9(13(18)15-6-7-20-2)16-14(19)11-8-10(21-3)4-5-12(11)17/h4-5,8-9,17H,6-7H2,1-3H3,(H,15,18)(H,16,19). The first-order valence-corrected chi connectivity index (χ1v) is 6.44. The molecule has 0 fully saturated rings. The Morgan fingerprint density at radius 3 is 2.67 bits per heavy atom. The van der Waals surface area contributed by atoms with Crippen LogP contribution in [0.1, 0.15) is 17.3 Å². The van der Waals surface area contributed by atoms with Crippen LogP contribution in [0.5, 0.6) is 11.5 Å². The quantitative estimate of drug-likeness (QED) is 0.628. The molecule has 3 N–H and O–H groups in total. The molecule has 1 aromatic carbocycles. The molecule has 1 atom stereocenters. The number of aromatic hydroxyl groups is 1. The van der Waals surface area contributed by atoms with Crippen LogP contribution in [0.15, 0.2) is 18.2 Å². The molecule has 116 valence electrons. The third kappa shape index (κ3) is 4.96. The van der Waals surface area contributed by atoms with E-state index < -0.39 is 11.9 Å². The molecule has 0 bridgehead atoms. The van der Waals surface area contributed by atoms with E-state index in [4.69, 9.17) is 9.47 Å². The van der Waals surface area contributed by atoms with Crippen LogP contribution in [0.25, 0.3) is 0 Å². The number of hydrogen-bond acceptors (Lipinski definition) is 5. The van der Waals surface area contributed by atoms with Gasteiger partial charge in [0.25, 0.3) is 5.91 Å². The van der Waals surface area contributed by atoms with Crippen molar-refractivity contribution >= 4 is 11.8 Å². The number of methoxy groups -OCH3 is 2. The number of benzene rings is 1. The van der Waals surface area contributed by atoms with Crippen molar-refractivity contribution in [2.45, 2.75) is 13.0 Å². The van der Waals surface area contributed by atoms with Gasteiger partial charge in [0.1, 0.15) is 17.5 Å². The van der Waals surface area contributed by atoms with Crippen LogP contribution in [0.2, 0.25) is 0 Å². The molecular weight excluding hydrogens is 276 g/mol. The smallest absolute Gasteiger partial charge is 0.255 e. The second kappa shape index (κ2) is 8.11. The van der Waals surface area contributed by atoms with Gasteiger partial charge in [-0.3, -0.25) is 9.59 Å². The summed E-state index contributed by atoms with van der Waals surface area (Å²) in [7, 11) is 2.99. The maximum absolute atomic E-state index is 12.0. The molecule has 0 aliphatic heterocycles. The molecule has 0 heterocycles. The third-order valence-corrected chi connectivity index (χ3v) is 2.79. The number of phenols is 1. The molecule has 0 aromatic heterocycles. The van der Waals surface area contributed by atoms with E-state index in [9.17, 15) is 14.7 Å². The number of carbonyl (C=O) groups excluding carboxylic acids is 2. The van der Waals surface area contributed by atoms with E-state index in [0.717, 1.165) is 0 Å². The van der Waals surface area contributed by atoms with Crippen molar-refractivity contribution < 1.29 is 24.2 Å². The SMILES string of the molecule is COCCNC(=O)C(C)NC(=O)c1cc(OC)ccc1O. The number of carbonyl (C=O) groups is 2. The van der Waals surface area contributed by atoms with Crippen LogP contribution in [0.3, 0.4) is 0 Å². The third-order valence-electron chi connectivity index (χ3n) is 2.79. The van der Waals surface area contributed by atoms with Crippen molar-refractivity contribution in [3.05, 3.63) is 23.8 Å². The zero-order valence-corrected chi connectivity index (χ0v) is 12.3. The van der Waals surface area contributed by atoms with Crippen LogP contribution >= 0.6 is 0 Å². The van der Waals surface area contributed by atoms with E-state index in [2.05, 4.69) is 10.6 Å². The van der Waals surface area contributed by atoms with Gasteiger partial charge in [-0.05, 0) is 25.1 Å². The highest BCUT2D eigenvalue weighted by Crippen LogP contribution is 2.22. The minimum Gasteiger partial charge on any atom is -0.507 e. The summed E-state index contributed by atoms with van der Waals surface area (Å²) in [5.41, 5.74) is 0.0471. The van der Waals surface area contributed by atoms with Gasteiger partial charge in [0.15, 0.2) is 0 Å². The minimum atomic E-state index is -0.736. The van der Waals surface area contributed by atoms with Crippen LogP contribution in [0, 0.1) is 0 Å². The number of phenolic OH excluding ortho intramolecular Hbond substituents is 1. The molecule has 0 aliphatic rings. The molecule has 0 saturated carbocycles. The van der Waals surface area contributed by atoms with Gasteiger partial charge in [-0.1, -0.05) is 0 Å². The molecule has 7 heteroatoms. The van der Waals surface area contributed by atoms with Crippen molar-refractivity contribution in [1.82, 2.24) is 10.6 Å². The average Bonchev–Trinajstić information content (AvgIpc) is 2.47. The van der Waals surface area contributed by atoms with Gasteiger partial charge in [0.05, 0.1) is 19.3 Å². The number of rotatable bonds is 7. The van der Waals surface area contributed by atoms with Gasteiger partial charge in [-0.25, -0.2) is 0 Å². The molecule has 0 radical (unpaired) electrons. The molecule has 0 saturated heterocycles. The lowest BCUT2D eigenvalue weighted by molar-refractivity contribution is -0.122. The van der Waals surface area contributed by atoms with Crippen LogP contribution in [-0.4, -0.2) is 50.3 Å². The highest BCUT2D eigenvalue weighted by Gasteiger charge is 2.18. The second-order valence-electron chi connectivity index (χ2n) is 4.36. The Labute approximate surface area is 123 Å². The Kier molecular flexibility index (Phi) is 6.48. The number of nitrogens with one attached hydrogen (secondary N) is 2. The number of amides is 2. The predicted octanol–water partition coefficient (Wildman–Crippen LogP) is 0.282. The number of ether oxygens (including phenoxy) is 2. The Balaban J connectivity index is 2.65. The van der Waals surface area contributed by atoms with Gasteiger partial charge in [0.2, 0.25) is 5.91 Å². The van der Waals surface area contributed by atoms with E-state index in [-0.39, 0.29) is 17.2 Å². The summed E-state index contributed by atoms with van der Waals surface area (Å²) in [5, 5.41) is 14.8. The fourth-order valence-electron chi connectivity index (χ4n) is 1.59. The topological polar surface area (TPSA) is 96.9 Å². The molecule has 7 nitrogen and oxygen atoms in total. The first kappa shape index (κ1) is 16.8. The summed E-state index contributed by atoms with van der Waals surface area (Å²) in [4.78, 5) is 23.8. The van der Waals surface area contributed by atoms with Gasteiger partial charge in [-0.2, -0.15) is 0 Å². The largest absolute Gasteiger partial charge is 0.507 e.